The molecule has 4 heteroatoms. The van der Waals surface area contributed by atoms with Crippen LogP contribution in [0.5, 0.6) is 0 Å². The number of nitrogens with one attached hydrogen (secondary N) is 2. The van der Waals surface area contributed by atoms with Crippen LogP contribution in [0, 0.1) is 11.3 Å². The molecular weight excluding hydrogens is 238 g/mol. The Morgan fingerprint density at radius 3 is 2.63 bits per heavy atom. The van der Waals surface area contributed by atoms with Crippen molar-refractivity contribution in [2.45, 2.75) is 39.5 Å². The van der Waals surface area contributed by atoms with Gasteiger partial charge >= 0.3 is 0 Å². The van der Waals surface area contributed by atoms with Crippen molar-refractivity contribution in [2.24, 2.45) is 11.3 Å². The Kier molecular flexibility index (Phi) is 5.22. The minimum atomic E-state index is -0.135. The summed E-state index contributed by atoms with van der Waals surface area (Å²) >= 11 is 0. The van der Waals surface area contributed by atoms with Crippen LogP contribution in [-0.2, 0) is 4.79 Å². The third-order valence-corrected chi connectivity index (χ3v) is 5.11. The van der Waals surface area contributed by atoms with E-state index in [2.05, 4.69) is 29.4 Å². The number of carbonyl (C=O) groups excluding carboxylic acids is 1. The van der Waals surface area contributed by atoms with Crippen LogP contribution < -0.4 is 10.6 Å². The summed E-state index contributed by atoms with van der Waals surface area (Å²) in [6.07, 6.45) is 4.39. The van der Waals surface area contributed by atoms with E-state index in [0.29, 0.717) is 5.92 Å². The lowest BCUT2D eigenvalue weighted by Gasteiger charge is -2.32. The van der Waals surface area contributed by atoms with Crippen LogP contribution in [0.4, 0.5) is 0 Å². The Morgan fingerprint density at radius 2 is 2.11 bits per heavy atom. The molecule has 2 saturated heterocycles. The standard InChI is InChI=1S/C15H29N3O/c1-3-15(7-8-16-12-15)14(19)17-11-13-5-9-18(4-2)10-6-13/h13,16H,3-12H2,1-2H3,(H,17,19). The van der Waals surface area contributed by atoms with Crippen molar-refractivity contribution in [1.29, 1.82) is 0 Å². The number of hydrogen-bond acceptors (Lipinski definition) is 3. The quantitative estimate of drug-likeness (QED) is 0.787. The van der Waals surface area contributed by atoms with Gasteiger partial charge in [-0.15, -0.1) is 0 Å². The van der Waals surface area contributed by atoms with Crippen molar-refractivity contribution in [3.8, 4) is 0 Å². The first kappa shape index (κ1) is 14.8. The van der Waals surface area contributed by atoms with Crippen LogP contribution in [-0.4, -0.2) is 50.1 Å². The largest absolute Gasteiger partial charge is 0.355 e. The van der Waals surface area contributed by atoms with Crippen molar-refractivity contribution in [3.63, 3.8) is 0 Å². The van der Waals surface area contributed by atoms with Crippen LogP contribution in [0.15, 0.2) is 0 Å². The number of hydrogen-bond donors (Lipinski definition) is 2. The molecule has 1 unspecified atom stereocenters. The first-order chi connectivity index (χ1) is 9.20. The van der Waals surface area contributed by atoms with Crippen LogP contribution in [0.1, 0.15) is 39.5 Å². The monoisotopic (exact) mass is 267 g/mol. The summed E-state index contributed by atoms with van der Waals surface area (Å²) in [5.41, 5.74) is -0.135. The maximum absolute atomic E-state index is 12.4. The third kappa shape index (κ3) is 3.48. The fraction of sp³-hybridized carbons (Fsp3) is 0.933. The summed E-state index contributed by atoms with van der Waals surface area (Å²) in [4.78, 5) is 14.9. The summed E-state index contributed by atoms with van der Waals surface area (Å²) in [5, 5.41) is 6.55. The molecule has 0 aromatic rings. The lowest BCUT2D eigenvalue weighted by atomic mass is 9.83. The molecular formula is C15H29N3O. The molecule has 0 radical (unpaired) electrons. The Hall–Kier alpha value is -0.610. The highest BCUT2D eigenvalue weighted by Crippen LogP contribution is 2.29. The Labute approximate surface area is 117 Å². The molecule has 0 aromatic heterocycles. The number of rotatable bonds is 5. The molecule has 1 amide bonds. The Morgan fingerprint density at radius 1 is 1.37 bits per heavy atom. The second-order valence-electron chi connectivity index (χ2n) is 6.15. The van der Waals surface area contributed by atoms with Gasteiger partial charge in [0.15, 0.2) is 0 Å². The van der Waals surface area contributed by atoms with Gasteiger partial charge in [-0.2, -0.15) is 0 Å². The molecule has 19 heavy (non-hydrogen) atoms. The van der Waals surface area contributed by atoms with E-state index in [9.17, 15) is 4.79 Å². The van der Waals surface area contributed by atoms with Gasteiger partial charge in [-0.1, -0.05) is 13.8 Å². The van der Waals surface area contributed by atoms with E-state index in [1.807, 2.05) is 0 Å². The maximum atomic E-state index is 12.4. The molecule has 2 aliphatic rings. The van der Waals surface area contributed by atoms with Crippen LogP contribution in [0.3, 0.4) is 0 Å². The number of amides is 1. The van der Waals surface area contributed by atoms with Crippen LogP contribution in [0.25, 0.3) is 0 Å². The molecule has 4 nitrogen and oxygen atoms in total. The average Bonchev–Trinajstić information content (AvgIpc) is 2.95. The molecule has 0 aliphatic carbocycles. The van der Waals surface area contributed by atoms with E-state index in [1.165, 1.54) is 25.9 Å². The van der Waals surface area contributed by atoms with E-state index >= 15 is 0 Å². The Bertz CT molecular complexity index is 292. The maximum Gasteiger partial charge on any atom is 0.227 e. The van der Waals surface area contributed by atoms with Crippen molar-refractivity contribution >= 4 is 5.91 Å². The van der Waals surface area contributed by atoms with Crippen molar-refractivity contribution in [1.82, 2.24) is 15.5 Å². The highest BCUT2D eigenvalue weighted by Gasteiger charge is 2.39. The SMILES string of the molecule is CCN1CCC(CNC(=O)C2(CC)CCNC2)CC1. The van der Waals surface area contributed by atoms with Crippen molar-refractivity contribution in [3.05, 3.63) is 0 Å². The topological polar surface area (TPSA) is 44.4 Å². The summed E-state index contributed by atoms with van der Waals surface area (Å²) in [6.45, 7) is 10.6. The highest BCUT2D eigenvalue weighted by atomic mass is 16.2. The fourth-order valence-corrected chi connectivity index (χ4v) is 3.33. The van der Waals surface area contributed by atoms with Gasteiger partial charge in [0.25, 0.3) is 0 Å². The molecule has 0 saturated carbocycles. The van der Waals surface area contributed by atoms with E-state index < -0.39 is 0 Å². The third-order valence-electron chi connectivity index (χ3n) is 5.11. The van der Waals surface area contributed by atoms with Crippen LogP contribution >= 0.6 is 0 Å². The van der Waals surface area contributed by atoms with Crippen LogP contribution in [0.2, 0.25) is 0 Å². The van der Waals surface area contributed by atoms with Gasteiger partial charge in [0, 0.05) is 13.1 Å². The number of nitrogens with zero attached hydrogens (tertiary/aromatic N) is 1. The molecule has 0 bridgehead atoms. The number of likely N-dealkylation sites (tertiary alicyclic amines) is 1. The zero-order valence-electron chi connectivity index (χ0n) is 12.5. The minimum Gasteiger partial charge on any atom is -0.355 e. The lowest BCUT2D eigenvalue weighted by molar-refractivity contribution is -0.130. The fourth-order valence-electron chi connectivity index (χ4n) is 3.33. The predicted molar refractivity (Wildman–Crippen MR) is 78.1 cm³/mol. The Balaban J connectivity index is 1.74. The second-order valence-corrected chi connectivity index (χ2v) is 6.15. The molecule has 2 fully saturated rings. The van der Waals surface area contributed by atoms with Crippen molar-refractivity contribution < 1.29 is 4.79 Å². The lowest BCUT2D eigenvalue weighted by Crippen LogP contribution is -2.45. The van der Waals surface area contributed by atoms with E-state index in [-0.39, 0.29) is 11.3 Å². The number of carbonyl (C=O) groups is 1. The van der Waals surface area contributed by atoms with Gasteiger partial charge in [0.1, 0.15) is 0 Å². The number of piperidine rings is 1. The molecule has 0 aromatic carbocycles. The summed E-state index contributed by atoms with van der Waals surface area (Å²) in [5.74, 6) is 0.952. The molecule has 2 heterocycles. The van der Waals surface area contributed by atoms with Gasteiger partial charge < -0.3 is 15.5 Å². The normalized spacial score (nSPS) is 29.6. The van der Waals surface area contributed by atoms with E-state index in [0.717, 1.165) is 39.0 Å². The minimum absolute atomic E-state index is 0.135. The molecule has 110 valence electrons. The van der Waals surface area contributed by atoms with E-state index in [1.54, 1.807) is 0 Å². The van der Waals surface area contributed by atoms with Gasteiger partial charge in [0.2, 0.25) is 5.91 Å². The molecule has 2 N–H and O–H groups in total. The smallest absolute Gasteiger partial charge is 0.227 e. The van der Waals surface area contributed by atoms with Gasteiger partial charge in [-0.05, 0) is 57.8 Å². The predicted octanol–water partition coefficient (Wildman–Crippen LogP) is 1.22. The molecule has 2 aliphatic heterocycles. The zero-order chi connectivity index (χ0) is 13.7. The highest BCUT2D eigenvalue weighted by molar-refractivity contribution is 5.83. The van der Waals surface area contributed by atoms with Crippen molar-refractivity contribution in [2.75, 3.05) is 39.3 Å². The first-order valence-corrected chi connectivity index (χ1v) is 7.91. The van der Waals surface area contributed by atoms with Gasteiger partial charge in [-0.3, -0.25) is 4.79 Å². The molecule has 1 atom stereocenters. The molecule has 0 spiro atoms. The zero-order valence-corrected chi connectivity index (χ0v) is 12.5. The van der Waals surface area contributed by atoms with Gasteiger partial charge in [0.05, 0.1) is 5.41 Å². The summed E-state index contributed by atoms with van der Waals surface area (Å²) in [6, 6.07) is 0. The average molecular weight is 267 g/mol. The summed E-state index contributed by atoms with van der Waals surface area (Å²) in [7, 11) is 0. The molecule has 2 rings (SSSR count). The van der Waals surface area contributed by atoms with E-state index in [4.69, 9.17) is 0 Å². The first-order valence-electron chi connectivity index (χ1n) is 7.91. The van der Waals surface area contributed by atoms with Gasteiger partial charge in [-0.25, -0.2) is 0 Å². The summed E-state index contributed by atoms with van der Waals surface area (Å²) < 4.78 is 0. The second kappa shape index (κ2) is 6.71.